The fourth-order valence-corrected chi connectivity index (χ4v) is 1.63. The molecule has 0 heterocycles. The van der Waals surface area contributed by atoms with Gasteiger partial charge in [0.1, 0.15) is 0 Å². The first-order valence-corrected chi connectivity index (χ1v) is 6.10. The van der Waals surface area contributed by atoms with E-state index in [0.717, 1.165) is 32.1 Å². The van der Waals surface area contributed by atoms with Crippen molar-refractivity contribution in [2.24, 2.45) is 0 Å². The summed E-state index contributed by atoms with van der Waals surface area (Å²) in [6, 6.07) is 0. The average molecular weight is 350 g/mol. The predicted octanol–water partition coefficient (Wildman–Crippen LogP) is 2.32. The van der Waals surface area contributed by atoms with Crippen molar-refractivity contribution in [3.8, 4) is 0 Å². The van der Waals surface area contributed by atoms with E-state index in [-0.39, 0.29) is 68.9 Å². The number of hydrogen-bond acceptors (Lipinski definition) is 2. The second-order valence-electron chi connectivity index (χ2n) is 4.05. The Morgan fingerprint density at radius 2 is 1.12 bits per heavy atom. The molecular formula is C12H25CsO3. The summed E-state index contributed by atoms with van der Waals surface area (Å²) in [5, 5.41) is 17.0. The molecule has 0 radical (unpaired) electrons. The molecule has 0 bridgehead atoms. The molecule has 0 unspecified atom stereocenters. The number of aliphatic carboxylic acids is 1. The Bertz CT molecular complexity index is 151. The van der Waals surface area contributed by atoms with Gasteiger partial charge in [-0.1, -0.05) is 44.9 Å². The Balaban J connectivity index is 0. The zero-order chi connectivity index (χ0) is 11.4. The number of unbranched alkanes of at least 4 members (excludes halogenated alkanes) is 8. The van der Waals surface area contributed by atoms with Crippen LogP contribution in [0.15, 0.2) is 0 Å². The van der Waals surface area contributed by atoms with Crippen molar-refractivity contribution < 1.29 is 15.0 Å². The van der Waals surface area contributed by atoms with E-state index in [4.69, 9.17) is 10.2 Å². The molecule has 0 saturated carbocycles. The predicted molar refractivity (Wildman–Crippen MR) is 68.0 cm³/mol. The quantitative estimate of drug-likeness (QED) is 0.563. The first-order chi connectivity index (χ1) is 7.27. The molecular weight excluding hydrogens is 325 g/mol. The minimum absolute atomic E-state index is 0. The molecule has 2 N–H and O–H groups in total. The van der Waals surface area contributed by atoms with E-state index in [2.05, 4.69) is 0 Å². The molecule has 16 heavy (non-hydrogen) atoms. The van der Waals surface area contributed by atoms with Crippen LogP contribution < -0.4 is 0 Å². The number of hydrogen-bond donors (Lipinski definition) is 2. The van der Waals surface area contributed by atoms with Crippen molar-refractivity contribution >= 4 is 74.9 Å². The fraction of sp³-hybridized carbons (Fsp3) is 0.917. The summed E-state index contributed by atoms with van der Waals surface area (Å²) in [6.45, 7) is 0.315. The van der Waals surface area contributed by atoms with Crippen LogP contribution >= 0.6 is 0 Å². The van der Waals surface area contributed by atoms with Gasteiger partial charge >= 0.3 is 74.9 Å². The molecule has 0 aliphatic rings. The normalized spacial score (nSPS) is 9.81. The van der Waals surface area contributed by atoms with Crippen LogP contribution in [0.1, 0.15) is 64.2 Å². The molecule has 0 atom stereocenters. The number of aliphatic hydroxyl groups excluding tert-OH is 1. The maximum atomic E-state index is 10.2. The Morgan fingerprint density at radius 1 is 0.750 bits per heavy atom. The maximum absolute atomic E-state index is 10.2. The second kappa shape index (κ2) is 16.5. The van der Waals surface area contributed by atoms with Crippen LogP contribution in [0.2, 0.25) is 0 Å². The number of carbonyl (C=O) groups is 1. The van der Waals surface area contributed by atoms with Gasteiger partial charge in [0.25, 0.3) is 0 Å². The number of rotatable bonds is 11. The standard InChI is InChI=1S/C12H24O3.Cs.H/c13-11-9-7-5-3-1-2-4-6-8-10-12(14)15;;/h13H,1-11H2,(H,14,15);;. The Labute approximate surface area is 158 Å². The van der Waals surface area contributed by atoms with Gasteiger partial charge in [-0.25, -0.2) is 0 Å². The third-order valence-corrected chi connectivity index (χ3v) is 2.55. The van der Waals surface area contributed by atoms with E-state index < -0.39 is 5.97 Å². The first-order valence-electron chi connectivity index (χ1n) is 6.10. The summed E-state index contributed by atoms with van der Waals surface area (Å²) in [4.78, 5) is 10.2. The molecule has 0 aromatic carbocycles. The van der Waals surface area contributed by atoms with Crippen LogP contribution in [-0.4, -0.2) is 91.7 Å². The Morgan fingerprint density at radius 3 is 1.50 bits per heavy atom. The molecule has 0 aromatic heterocycles. The van der Waals surface area contributed by atoms with Crippen LogP contribution in [0.25, 0.3) is 0 Å². The Kier molecular flexibility index (Phi) is 20.4. The summed E-state index contributed by atoms with van der Waals surface area (Å²) >= 11 is 0. The molecule has 0 aromatic rings. The van der Waals surface area contributed by atoms with Crippen molar-refractivity contribution in [2.45, 2.75) is 64.2 Å². The van der Waals surface area contributed by atoms with Crippen molar-refractivity contribution in [3.05, 3.63) is 0 Å². The van der Waals surface area contributed by atoms with E-state index >= 15 is 0 Å². The molecule has 92 valence electrons. The topological polar surface area (TPSA) is 57.5 Å². The van der Waals surface area contributed by atoms with Gasteiger partial charge < -0.3 is 10.2 Å². The number of carboxylic acids is 1. The van der Waals surface area contributed by atoms with Gasteiger partial charge in [0.2, 0.25) is 0 Å². The van der Waals surface area contributed by atoms with Crippen LogP contribution in [0, 0.1) is 0 Å². The molecule has 0 amide bonds. The van der Waals surface area contributed by atoms with Gasteiger partial charge in [-0.3, -0.25) is 4.79 Å². The van der Waals surface area contributed by atoms with Gasteiger partial charge in [0.15, 0.2) is 0 Å². The molecule has 0 rings (SSSR count). The van der Waals surface area contributed by atoms with Crippen LogP contribution in [0.4, 0.5) is 0 Å². The molecule has 0 saturated heterocycles. The molecule has 0 aliphatic carbocycles. The summed E-state index contributed by atoms with van der Waals surface area (Å²) in [5.41, 5.74) is 0. The summed E-state index contributed by atoms with van der Waals surface area (Å²) in [6.07, 6.45) is 10.3. The second-order valence-corrected chi connectivity index (χ2v) is 4.05. The van der Waals surface area contributed by atoms with Gasteiger partial charge in [-0.15, -0.1) is 0 Å². The SMILES string of the molecule is O=C(O)CCCCCCCCCCCO.[CsH]. The van der Waals surface area contributed by atoms with Crippen molar-refractivity contribution in [3.63, 3.8) is 0 Å². The monoisotopic (exact) mass is 350 g/mol. The van der Waals surface area contributed by atoms with Crippen molar-refractivity contribution in [2.75, 3.05) is 6.61 Å². The van der Waals surface area contributed by atoms with E-state index in [0.29, 0.717) is 13.0 Å². The zero-order valence-electron chi connectivity index (χ0n) is 9.58. The molecule has 3 nitrogen and oxygen atoms in total. The van der Waals surface area contributed by atoms with Gasteiger partial charge in [-0.05, 0) is 12.8 Å². The fourth-order valence-electron chi connectivity index (χ4n) is 1.63. The number of aliphatic hydroxyl groups is 1. The van der Waals surface area contributed by atoms with Crippen molar-refractivity contribution in [1.82, 2.24) is 0 Å². The van der Waals surface area contributed by atoms with E-state index in [1.54, 1.807) is 0 Å². The van der Waals surface area contributed by atoms with Crippen LogP contribution in [0.3, 0.4) is 0 Å². The van der Waals surface area contributed by atoms with Crippen LogP contribution in [-0.2, 0) is 4.79 Å². The molecule has 0 fully saturated rings. The minimum atomic E-state index is -0.681. The van der Waals surface area contributed by atoms with Crippen molar-refractivity contribution in [1.29, 1.82) is 0 Å². The zero-order valence-corrected chi connectivity index (χ0v) is 9.58. The number of carboxylic acid groups (broad SMARTS) is 1. The van der Waals surface area contributed by atoms with E-state index in [1.807, 2.05) is 0 Å². The third kappa shape index (κ3) is 17.9. The van der Waals surface area contributed by atoms with Gasteiger partial charge in [-0.2, -0.15) is 0 Å². The van der Waals surface area contributed by atoms with Gasteiger partial charge in [0.05, 0.1) is 0 Å². The summed E-state index contributed by atoms with van der Waals surface area (Å²) < 4.78 is 0. The van der Waals surface area contributed by atoms with Gasteiger partial charge in [0, 0.05) is 13.0 Å². The van der Waals surface area contributed by atoms with E-state index in [1.165, 1.54) is 25.7 Å². The van der Waals surface area contributed by atoms with Crippen LogP contribution in [0.5, 0.6) is 0 Å². The molecule has 4 heteroatoms. The third-order valence-electron chi connectivity index (χ3n) is 2.55. The first kappa shape index (κ1) is 19.8. The molecule has 0 spiro atoms. The molecule has 0 aliphatic heterocycles. The average Bonchev–Trinajstić information content (AvgIpc) is 2.20. The summed E-state index contributed by atoms with van der Waals surface area (Å²) in [7, 11) is 0. The Hall–Kier alpha value is 1.48. The van der Waals surface area contributed by atoms with E-state index in [9.17, 15) is 4.79 Å². The summed E-state index contributed by atoms with van der Waals surface area (Å²) in [5.74, 6) is -0.681.